The Kier molecular flexibility index (Phi) is 7.34. The fourth-order valence-electron chi connectivity index (χ4n) is 5.27. The number of hydrogen-bond acceptors (Lipinski definition) is 6. The number of aryl methyl sites for hydroxylation is 1. The number of nitrogens with two attached hydrogens (primary N) is 1. The van der Waals surface area contributed by atoms with Gasteiger partial charge in [0.05, 0.1) is 16.9 Å². The van der Waals surface area contributed by atoms with Crippen molar-refractivity contribution in [3.63, 3.8) is 0 Å². The van der Waals surface area contributed by atoms with Crippen molar-refractivity contribution in [3.05, 3.63) is 65.5 Å². The van der Waals surface area contributed by atoms with Crippen molar-refractivity contribution in [2.24, 2.45) is 5.73 Å². The number of fused-ring (bicyclic) bond motifs is 2. The largest absolute Gasteiger partial charge is 0.486 e. The molecule has 10 heteroatoms. The summed E-state index contributed by atoms with van der Waals surface area (Å²) >= 11 is 0. The molecule has 4 aromatic rings. The van der Waals surface area contributed by atoms with E-state index in [1.54, 1.807) is 13.0 Å². The number of imidazole rings is 1. The van der Waals surface area contributed by atoms with Crippen LogP contribution >= 0.6 is 0 Å². The highest BCUT2D eigenvalue weighted by Gasteiger charge is 2.25. The number of piperidine rings is 1. The minimum atomic E-state index is -1.07. The average Bonchev–Trinajstić information content (AvgIpc) is 3.22. The summed E-state index contributed by atoms with van der Waals surface area (Å²) in [5.74, 6) is 1.11. The molecule has 10 nitrogen and oxygen atoms in total. The van der Waals surface area contributed by atoms with E-state index in [2.05, 4.69) is 4.57 Å². The molecule has 0 spiro atoms. The molecule has 0 bridgehead atoms. The molecule has 1 aromatic heterocycles. The van der Waals surface area contributed by atoms with Gasteiger partial charge in [-0.15, -0.1) is 0 Å². The van der Waals surface area contributed by atoms with E-state index < -0.39 is 12.1 Å². The van der Waals surface area contributed by atoms with E-state index in [1.165, 1.54) is 6.92 Å². The van der Waals surface area contributed by atoms with Crippen LogP contribution in [0.2, 0.25) is 0 Å². The SMILES string of the molecule is CC(=N)N1CCC(Oc2cc3c(cc2OC(C)C(=O)O)nc(C)n3Cc2ccc(C(=N)N)c3ccccc23)CC1. The number of carboxylic acids is 1. The Morgan fingerprint density at radius 3 is 2.48 bits per heavy atom. The number of carbonyl (C=O) groups is 1. The molecule has 0 amide bonds. The fraction of sp³-hybridized carbons (Fsp3) is 0.333. The highest BCUT2D eigenvalue weighted by atomic mass is 16.5. The first kappa shape index (κ1) is 27.0. The number of aliphatic carboxylic acids is 1. The number of nitrogen functional groups attached to an aromatic ring is 1. The van der Waals surface area contributed by atoms with Gasteiger partial charge in [-0.2, -0.15) is 0 Å². The van der Waals surface area contributed by atoms with Gasteiger partial charge in [0.15, 0.2) is 17.6 Å². The molecule has 0 radical (unpaired) electrons. The number of nitrogens with one attached hydrogen (secondary N) is 2. The number of rotatable bonds is 8. The van der Waals surface area contributed by atoms with Gasteiger partial charge in [0, 0.05) is 50.2 Å². The maximum atomic E-state index is 11.6. The van der Waals surface area contributed by atoms with Crippen LogP contribution in [0.15, 0.2) is 48.5 Å². The average molecular weight is 543 g/mol. The monoisotopic (exact) mass is 542 g/mol. The summed E-state index contributed by atoms with van der Waals surface area (Å²) in [4.78, 5) is 18.4. The van der Waals surface area contributed by atoms with E-state index in [0.29, 0.717) is 35.0 Å². The van der Waals surface area contributed by atoms with E-state index in [-0.39, 0.29) is 11.9 Å². The lowest BCUT2D eigenvalue weighted by atomic mass is 9.99. The molecule has 2 heterocycles. The lowest BCUT2D eigenvalue weighted by Gasteiger charge is -2.33. The van der Waals surface area contributed by atoms with Crippen LogP contribution in [0, 0.1) is 17.7 Å². The van der Waals surface area contributed by atoms with Gasteiger partial charge in [0.25, 0.3) is 0 Å². The van der Waals surface area contributed by atoms with Gasteiger partial charge in [-0.1, -0.05) is 36.4 Å². The Morgan fingerprint density at radius 2 is 1.82 bits per heavy atom. The van der Waals surface area contributed by atoms with Crippen molar-refractivity contribution >= 4 is 39.4 Å². The first-order valence-electron chi connectivity index (χ1n) is 13.3. The predicted octanol–water partition coefficient (Wildman–Crippen LogP) is 4.52. The lowest BCUT2D eigenvalue weighted by molar-refractivity contribution is -0.144. The lowest BCUT2D eigenvalue weighted by Crippen LogP contribution is -2.40. The maximum absolute atomic E-state index is 11.6. The van der Waals surface area contributed by atoms with Crippen LogP contribution in [0.5, 0.6) is 11.5 Å². The third-order valence-corrected chi connectivity index (χ3v) is 7.50. The molecule has 208 valence electrons. The summed E-state index contributed by atoms with van der Waals surface area (Å²) in [6.07, 6.45) is 0.344. The standard InChI is InChI=1S/C30H34N6O4/c1-17(30(37)38)39-27-14-25-26(15-28(27)40-21-10-12-35(13-11-21)18(2)31)36(19(3)34-25)16-20-8-9-24(29(32)33)23-7-5-4-6-22(20)23/h4-9,14-15,17,21,31H,10-13,16H2,1-3H3,(H3,32,33)(H,37,38). The molecule has 1 saturated heterocycles. The Hall–Kier alpha value is -4.60. The van der Waals surface area contributed by atoms with Crippen LogP contribution in [0.1, 0.15) is 43.6 Å². The first-order chi connectivity index (χ1) is 19.1. The van der Waals surface area contributed by atoms with Crippen molar-refractivity contribution in [1.29, 1.82) is 10.8 Å². The Labute approximate surface area is 232 Å². The van der Waals surface area contributed by atoms with Gasteiger partial charge in [0.1, 0.15) is 17.8 Å². The Bertz CT molecular complexity index is 1620. The van der Waals surface area contributed by atoms with Crippen molar-refractivity contribution in [2.45, 2.75) is 52.4 Å². The normalized spacial score (nSPS) is 14.8. The minimum Gasteiger partial charge on any atom is -0.486 e. The van der Waals surface area contributed by atoms with Crippen LogP contribution in [0.3, 0.4) is 0 Å². The third kappa shape index (κ3) is 5.29. The van der Waals surface area contributed by atoms with Crippen molar-refractivity contribution < 1.29 is 19.4 Å². The topological polar surface area (TPSA) is 151 Å². The molecule has 1 aliphatic heterocycles. The fourth-order valence-corrected chi connectivity index (χ4v) is 5.27. The molecule has 5 N–H and O–H groups in total. The summed E-state index contributed by atoms with van der Waals surface area (Å²) < 4.78 is 14.4. The van der Waals surface area contributed by atoms with E-state index in [9.17, 15) is 9.90 Å². The highest BCUT2D eigenvalue weighted by molar-refractivity contribution is 6.08. The zero-order valence-electron chi connectivity index (χ0n) is 22.9. The van der Waals surface area contributed by atoms with Gasteiger partial charge in [-0.05, 0) is 37.1 Å². The van der Waals surface area contributed by atoms with Crippen LogP contribution in [-0.4, -0.2) is 62.5 Å². The zero-order chi connectivity index (χ0) is 28.6. The van der Waals surface area contributed by atoms with Crippen LogP contribution in [0.4, 0.5) is 0 Å². The molecular formula is C30H34N6O4. The van der Waals surface area contributed by atoms with Crippen LogP contribution < -0.4 is 15.2 Å². The zero-order valence-corrected chi connectivity index (χ0v) is 22.9. The second-order valence-electron chi connectivity index (χ2n) is 10.3. The molecular weight excluding hydrogens is 508 g/mol. The summed E-state index contributed by atoms with van der Waals surface area (Å²) in [6.45, 7) is 7.19. The van der Waals surface area contributed by atoms with E-state index >= 15 is 0 Å². The minimum absolute atomic E-state index is 0.0264. The molecule has 1 aliphatic rings. The van der Waals surface area contributed by atoms with Crippen molar-refractivity contribution in [3.8, 4) is 11.5 Å². The number of aromatic nitrogens is 2. The Morgan fingerprint density at radius 1 is 1.12 bits per heavy atom. The molecule has 1 fully saturated rings. The van der Waals surface area contributed by atoms with Gasteiger partial charge in [0.2, 0.25) is 0 Å². The van der Waals surface area contributed by atoms with Crippen molar-refractivity contribution in [2.75, 3.05) is 13.1 Å². The van der Waals surface area contributed by atoms with Gasteiger partial charge < -0.3 is 29.8 Å². The predicted molar refractivity (Wildman–Crippen MR) is 155 cm³/mol. The second-order valence-corrected chi connectivity index (χ2v) is 10.3. The number of nitrogens with zero attached hydrogens (tertiary/aromatic N) is 3. The van der Waals surface area contributed by atoms with E-state index in [0.717, 1.165) is 53.6 Å². The molecule has 0 saturated carbocycles. The number of carboxylic acid groups (broad SMARTS) is 1. The van der Waals surface area contributed by atoms with E-state index in [1.807, 2.05) is 54.3 Å². The molecule has 1 unspecified atom stereocenters. The summed E-state index contributed by atoms with van der Waals surface area (Å²) in [6, 6.07) is 15.4. The maximum Gasteiger partial charge on any atom is 0.344 e. The second kappa shape index (κ2) is 10.9. The number of ether oxygens (including phenoxy) is 2. The van der Waals surface area contributed by atoms with Gasteiger partial charge in [-0.3, -0.25) is 10.8 Å². The first-order valence-corrected chi connectivity index (χ1v) is 13.3. The van der Waals surface area contributed by atoms with Gasteiger partial charge >= 0.3 is 5.97 Å². The van der Waals surface area contributed by atoms with Crippen LogP contribution in [-0.2, 0) is 11.3 Å². The number of benzene rings is 3. The van der Waals surface area contributed by atoms with Crippen LogP contribution in [0.25, 0.3) is 21.8 Å². The number of amidine groups is 2. The number of hydrogen-bond donors (Lipinski definition) is 4. The number of likely N-dealkylation sites (tertiary alicyclic amines) is 1. The molecule has 3 aromatic carbocycles. The molecule has 5 rings (SSSR count). The van der Waals surface area contributed by atoms with Crippen molar-refractivity contribution in [1.82, 2.24) is 14.5 Å². The summed E-state index contributed by atoms with van der Waals surface area (Å²) in [5.41, 5.74) is 9.11. The molecule has 40 heavy (non-hydrogen) atoms. The third-order valence-electron chi connectivity index (χ3n) is 7.50. The smallest absolute Gasteiger partial charge is 0.344 e. The van der Waals surface area contributed by atoms with E-state index in [4.69, 9.17) is 31.0 Å². The Balaban J connectivity index is 1.54. The molecule has 0 aliphatic carbocycles. The summed E-state index contributed by atoms with van der Waals surface area (Å²) in [7, 11) is 0. The molecule has 1 atom stereocenters. The summed E-state index contributed by atoms with van der Waals surface area (Å²) in [5, 5.41) is 27.3. The quantitative estimate of drug-likeness (QED) is 0.189. The van der Waals surface area contributed by atoms with Gasteiger partial charge in [-0.25, -0.2) is 9.78 Å². The highest BCUT2D eigenvalue weighted by Crippen LogP contribution is 2.36.